The lowest BCUT2D eigenvalue weighted by Crippen LogP contribution is -2.33. The molecule has 2 aromatic carbocycles. The zero-order valence-electron chi connectivity index (χ0n) is 24.3. The summed E-state index contributed by atoms with van der Waals surface area (Å²) in [4.78, 5) is 31.9. The number of ketones is 1. The second-order valence-corrected chi connectivity index (χ2v) is 10.9. The highest BCUT2D eigenvalue weighted by atomic mass is 16.3. The molecule has 6 heteroatoms. The molecule has 3 aromatic rings. The zero-order valence-corrected chi connectivity index (χ0v) is 24.3. The topological polar surface area (TPSA) is 65.8 Å². The molecule has 1 fully saturated rings. The quantitative estimate of drug-likeness (QED) is 0.250. The predicted octanol–water partition coefficient (Wildman–Crippen LogP) is 7.27. The Morgan fingerprint density at radius 3 is 2.18 bits per heavy atom. The van der Waals surface area contributed by atoms with Gasteiger partial charge in [-0.3, -0.25) is 14.5 Å². The van der Waals surface area contributed by atoms with Crippen LogP contribution in [0.2, 0.25) is 0 Å². The second-order valence-electron chi connectivity index (χ2n) is 10.9. The van der Waals surface area contributed by atoms with Gasteiger partial charge in [0.15, 0.2) is 5.78 Å². The number of Topliss-reactive ketones (excluding diaryl/α,β-unsaturated/α-hetero) is 1. The van der Waals surface area contributed by atoms with E-state index in [-0.39, 0.29) is 17.4 Å². The molecule has 1 saturated heterocycles. The highest BCUT2D eigenvalue weighted by molar-refractivity contribution is 6.13. The Kier molecular flexibility index (Phi) is 9.84. The van der Waals surface area contributed by atoms with Crippen LogP contribution in [-0.4, -0.2) is 57.3 Å². The zero-order chi connectivity index (χ0) is 27.9. The van der Waals surface area contributed by atoms with E-state index in [2.05, 4.69) is 23.3 Å². The molecule has 0 bridgehead atoms. The maximum absolute atomic E-state index is 14.4. The highest BCUT2D eigenvalue weighted by Crippen LogP contribution is 2.40. The number of benzene rings is 2. The van der Waals surface area contributed by atoms with Gasteiger partial charge in [0, 0.05) is 48.4 Å². The summed E-state index contributed by atoms with van der Waals surface area (Å²) < 4.78 is 2.10. The van der Waals surface area contributed by atoms with Gasteiger partial charge in [0.1, 0.15) is 5.75 Å². The monoisotopic (exact) mass is 531 g/mol. The number of carbonyl (C=O) groups excluding carboxylic acids is 2. The first-order valence-electron chi connectivity index (χ1n) is 14.9. The van der Waals surface area contributed by atoms with E-state index in [1.165, 1.54) is 6.42 Å². The summed E-state index contributed by atoms with van der Waals surface area (Å²) >= 11 is 0. The van der Waals surface area contributed by atoms with Crippen LogP contribution in [-0.2, 0) is 6.54 Å². The number of phenols is 1. The minimum atomic E-state index is -0.0897. The van der Waals surface area contributed by atoms with Crippen molar-refractivity contribution >= 4 is 22.6 Å². The smallest absolute Gasteiger partial charge is 0.256 e. The number of aromatic nitrogens is 1. The molecule has 1 aromatic heterocycles. The molecule has 0 unspecified atom stereocenters. The summed E-state index contributed by atoms with van der Waals surface area (Å²) in [6.45, 7) is 12.0. The fourth-order valence-corrected chi connectivity index (χ4v) is 5.88. The molecule has 1 aliphatic rings. The molecule has 1 aliphatic heterocycles. The van der Waals surface area contributed by atoms with Gasteiger partial charge in [0.2, 0.25) is 0 Å². The minimum Gasteiger partial charge on any atom is -0.507 e. The van der Waals surface area contributed by atoms with Gasteiger partial charge in [-0.25, -0.2) is 0 Å². The third-order valence-electron chi connectivity index (χ3n) is 8.10. The molecule has 1 N–H and O–H groups in total. The second kappa shape index (κ2) is 13.3. The average molecular weight is 532 g/mol. The predicted molar refractivity (Wildman–Crippen MR) is 159 cm³/mol. The molecule has 0 spiro atoms. The number of piperidine rings is 1. The van der Waals surface area contributed by atoms with E-state index in [1.54, 1.807) is 0 Å². The van der Waals surface area contributed by atoms with Crippen molar-refractivity contribution in [2.75, 3.05) is 26.2 Å². The Morgan fingerprint density at radius 2 is 1.59 bits per heavy atom. The maximum atomic E-state index is 14.4. The van der Waals surface area contributed by atoms with E-state index >= 15 is 0 Å². The van der Waals surface area contributed by atoms with Crippen LogP contribution in [0, 0.1) is 6.92 Å². The van der Waals surface area contributed by atoms with Gasteiger partial charge < -0.3 is 14.6 Å². The molecule has 0 radical (unpaired) electrons. The van der Waals surface area contributed by atoms with Crippen LogP contribution in [0.3, 0.4) is 0 Å². The number of nitrogens with zero attached hydrogens (tertiary/aromatic N) is 3. The normalized spacial score (nSPS) is 14.2. The first-order chi connectivity index (χ1) is 18.9. The van der Waals surface area contributed by atoms with Gasteiger partial charge in [0.05, 0.1) is 16.6 Å². The van der Waals surface area contributed by atoms with Crippen molar-refractivity contribution in [3.8, 4) is 11.4 Å². The van der Waals surface area contributed by atoms with E-state index in [4.69, 9.17) is 0 Å². The Morgan fingerprint density at radius 1 is 0.949 bits per heavy atom. The Balaban J connectivity index is 2.02. The fraction of sp³-hybridized carbons (Fsp3) is 0.515. The summed E-state index contributed by atoms with van der Waals surface area (Å²) in [6, 6.07) is 11.8. The van der Waals surface area contributed by atoms with E-state index in [0.29, 0.717) is 42.7 Å². The number of hydrogen-bond acceptors (Lipinski definition) is 4. The summed E-state index contributed by atoms with van der Waals surface area (Å²) in [5.74, 6) is -0.0380. The largest absolute Gasteiger partial charge is 0.507 e. The number of para-hydroxylation sites is 1. The summed E-state index contributed by atoms with van der Waals surface area (Å²) in [6.07, 6.45) is 7.70. The number of hydrogen-bond donors (Lipinski definition) is 1. The number of carbonyl (C=O) groups is 2. The molecule has 210 valence electrons. The van der Waals surface area contributed by atoms with Crippen LogP contribution in [0.1, 0.15) is 104 Å². The lowest BCUT2D eigenvalue weighted by molar-refractivity contribution is 0.0752. The first kappa shape index (κ1) is 28.9. The van der Waals surface area contributed by atoms with Crippen LogP contribution in [0.25, 0.3) is 16.6 Å². The van der Waals surface area contributed by atoms with Crippen molar-refractivity contribution in [1.82, 2.24) is 14.4 Å². The molecule has 39 heavy (non-hydrogen) atoms. The van der Waals surface area contributed by atoms with Gasteiger partial charge in [-0.2, -0.15) is 0 Å². The summed E-state index contributed by atoms with van der Waals surface area (Å²) in [7, 11) is 0. The molecule has 2 heterocycles. The number of unbranched alkanes of at least 4 members (excludes halogenated alkanes) is 2. The first-order valence-corrected chi connectivity index (χ1v) is 14.9. The molecule has 4 rings (SSSR count). The number of rotatable bonds is 12. The number of phenolic OH excluding ortho intramolecular Hbond substituents is 1. The van der Waals surface area contributed by atoms with Crippen molar-refractivity contribution in [3.05, 3.63) is 58.8 Å². The summed E-state index contributed by atoms with van der Waals surface area (Å²) in [5.41, 5.74) is 4.31. The highest BCUT2D eigenvalue weighted by Gasteiger charge is 2.30. The SMILES string of the molecule is CCCCN(CCCC)C(=O)c1c(C)n(-c2ccccc2)c2cc(C(=O)CC)c(O)c(CN3CCCCC3)c12. The van der Waals surface area contributed by atoms with Crippen molar-refractivity contribution in [2.45, 2.75) is 85.6 Å². The Hall–Kier alpha value is -3.12. The molecule has 6 nitrogen and oxygen atoms in total. The van der Waals surface area contributed by atoms with E-state index < -0.39 is 0 Å². The number of aromatic hydroxyl groups is 1. The van der Waals surface area contributed by atoms with Gasteiger partial charge in [-0.1, -0.05) is 58.2 Å². The Labute approximate surface area is 233 Å². The molecule has 1 amide bonds. The van der Waals surface area contributed by atoms with Gasteiger partial charge in [-0.15, -0.1) is 0 Å². The summed E-state index contributed by atoms with van der Waals surface area (Å²) in [5, 5.41) is 12.4. The van der Waals surface area contributed by atoms with Crippen LogP contribution in [0.5, 0.6) is 5.75 Å². The van der Waals surface area contributed by atoms with Crippen LogP contribution >= 0.6 is 0 Å². The average Bonchev–Trinajstić information content (AvgIpc) is 3.26. The Bertz CT molecular complexity index is 1280. The minimum absolute atomic E-state index is 0.0166. The van der Waals surface area contributed by atoms with Gasteiger partial charge in [-0.05, 0) is 63.9 Å². The lowest BCUT2D eigenvalue weighted by Gasteiger charge is -2.28. The standard InChI is InChI=1S/C33H45N3O3/c1-5-8-20-35(21-9-6-2)33(39)30-24(4)36(25-16-12-10-13-17-25)28-22-26(29(37)7-3)32(38)27(31(28)30)23-34-18-14-11-15-19-34/h10,12-13,16-17,22,38H,5-9,11,14-15,18-21,23H2,1-4H3. The van der Waals surface area contributed by atoms with E-state index in [9.17, 15) is 14.7 Å². The van der Waals surface area contributed by atoms with Gasteiger partial charge in [0.25, 0.3) is 5.91 Å². The van der Waals surface area contributed by atoms with Crippen molar-refractivity contribution < 1.29 is 14.7 Å². The fourth-order valence-electron chi connectivity index (χ4n) is 5.88. The van der Waals surface area contributed by atoms with Crippen LogP contribution in [0.4, 0.5) is 0 Å². The van der Waals surface area contributed by atoms with Crippen molar-refractivity contribution in [2.24, 2.45) is 0 Å². The van der Waals surface area contributed by atoms with Crippen molar-refractivity contribution in [1.29, 1.82) is 0 Å². The van der Waals surface area contributed by atoms with E-state index in [1.807, 2.05) is 55.1 Å². The number of amides is 1. The van der Waals surface area contributed by atoms with Crippen LogP contribution in [0.15, 0.2) is 36.4 Å². The van der Waals surface area contributed by atoms with E-state index in [0.717, 1.165) is 73.9 Å². The number of fused-ring (bicyclic) bond motifs is 1. The molecule has 0 saturated carbocycles. The molecular weight excluding hydrogens is 486 g/mol. The third kappa shape index (κ3) is 6.06. The maximum Gasteiger partial charge on any atom is 0.256 e. The number of likely N-dealkylation sites (tertiary alicyclic amines) is 1. The third-order valence-corrected chi connectivity index (χ3v) is 8.10. The van der Waals surface area contributed by atoms with Crippen LogP contribution < -0.4 is 0 Å². The van der Waals surface area contributed by atoms with Crippen molar-refractivity contribution in [3.63, 3.8) is 0 Å². The van der Waals surface area contributed by atoms with Gasteiger partial charge >= 0.3 is 0 Å². The lowest BCUT2D eigenvalue weighted by atomic mass is 9.96. The molecule has 0 aliphatic carbocycles. The molecule has 0 atom stereocenters. The molecular formula is C33H45N3O3.